The molecular formula is C40H59N5O10S. The second kappa shape index (κ2) is 19.7. The lowest BCUT2D eigenvalue weighted by molar-refractivity contribution is -0.385. The van der Waals surface area contributed by atoms with Gasteiger partial charge in [0.25, 0.3) is 5.69 Å². The molecule has 1 unspecified atom stereocenters. The van der Waals surface area contributed by atoms with Crippen molar-refractivity contribution in [2.24, 2.45) is 23.5 Å². The Bertz CT molecular complexity index is 1820. The molecule has 1 saturated carbocycles. The molecule has 1 fully saturated rings. The van der Waals surface area contributed by atoms with Crippen molar-refractivity contribution in [3.63, 3.8) is 0 Å². The van der Waals surface area contributed by atoms with Crippen molar-refractivity contribution < 1.29 is 43.1 Å². The van der Waals surface area contributed by atoms with Crippen molar-refractivity contribution in [2.75, 3.05) is 12.3 Å². The van der Waals surface area contributed by atoms with Gasteiger partial charge in [0, 0.05) is 31.5 Å². The lowest BCUT2D eigenvalue weighted by Gasteiger charge is -2.47. The number of carbonyl (C=O) groups excluding carboxylic acids is 4. The summed E-state index contributed by atoms with van der Waals surface area (Å²) in [6.45, 7) is 8.90. The van der Waals surface area contributed by atoms with Gasteiger partial charge in [-0.25, -0.2) is 8.42 Å². The van der Waals surface area contributed by atoms with Crippen LogP contribution in [0.3, 0.4) is 0 Å². The predicted octanol–water partition coefficient (Wildman–Crippen LogP) is 3.35. The number of sulfone groups is 1. The Balaban J connectivity index is 0.00000841. The van der Waals surface area contributed by atoms with E-state index in [-0.39, 0.29) is 47.0 Å². The fourth-order valence-corrected chi connectivity index (χ4v) is 10.2. The lowest BCUT2D eigenvalue weighted by Crippen LogP contribution is -2.69. The number of fused-ring (bicyclic) bond motifs is 1. The number of aliphatic hydroxyl groups excluding tert-OH is 1. The summed E-state index contributed by atoms with van der Waals surface area (Å²) in [6.07, 6.45) is 3.06. The minimum Gasteiger partial charge on any atom is -0.412 e. The van der Waals surface area contributed by atoms with E-state index in [1.807, 2.05) is 13.8 Å². The van der Waals surface area contributed by atoms with Gasteiger partial charge in [-0.1, -0.05) is 96.2 Å². The molecule has 0 saturated heterocycles. The summed E-state index contributed by atoms with van der Waals surface area (Å²) in [4.78, 5) is 68.5. The summed E-state index contributed by atoms with van der Waals surface area (Å²) in [5.41, 5.74) is 4.58. The van der Waals surface area contributed by atoms with Gasteiger partial charge in [-0.15, -0.1) is 0 Å². The standard InChI is InChI=1S/C40H57N5O9S.H2O/c1-25(2)22-40(32-24-55(53,54)36-20-30(45(51)52)16-17-31(32)36,44(27(5)46)38(49)33(41)18-28-12-8-6-9-13-28)39(50)43-34(19-29-14-10-7-11-15-29)35(47)21-37(48)42-23-26(3)4;/h6,8-9,12-13,16-17,20,25-26,29,32-35,47H,7,10-11,14-15,18-19,21-24,41H2,1-5H3,(H,42,48)(H,43,50);1H2/t32?,33-,34-,35-,40-;/m0./s1. The smallest absolute Gasteiger partial charge is 0.270 e. The number of nitrogens with zero attached hydrogens (tertiary/aromatic N) is 2. The summed E-state index contributed by atoms with van der Waals surface area (Å²) in [7, 11) is -4.28. The Labute approximate surface area is 329 Å². The molecule has 2 aromatic carbocycles. The number of non-ortho nitro benzene ring substituents is 1. The zero-order chi connectivity index (χ0) is 40.7. The lowest BCUT2D eigenvalue weighted by atomic mass is 9.72. The van der Waals surface area contributed by atoms with Crippen molar-refractivity contribution in [3.8, 4) is 0 Å². The molecule has 310 valence electrons. The van der Waals surface area contributed by atoms with Crippen molar-refractivity contribution in [3.05, 3.63) is 69.8 Å². The number of imide groups is 1. The molecule has 4 rings (SSSR count). The van der Waals surface area contributed by atoms with E-state index in [2.05, 4.69) is 10.6 Å². The SMILES string of the molecule is CC(=O)N(C(=O)[C@@H](N)Cc1ccccc1)[C@](CC(C)C)(C(=O)N[C@@H](CC1CCCCC1)[C@@H](O)CC(=O)NCC(C)C)C1CS(=O)(=O)c2cc([N+](=O)[O-])ccc21.O. The Morgan fingerprint density at radius 2 is 1.66 bits per heavy atom. The number of nitro groups is 1. The van der Waals surface area contributed by atoms with Gasteiger partial charge in [0.2, 0.25) is 23.6 Å². The third-order valence-corrected chi connectivity index (χ3v) is 12.5. The maximum Gasteiger partial charge on any atom is 0.270 e. The van der Waals surface area contributed by atoms with E-state index in [1.54, 1.807) is 44.2 Å². The van der Waals surface area contributed by atoms with Crippen LogP contribution in [0.5, 0.6) is 0 Å². The molecule has 0 aromatic heterocycles. The number of hydrogen-bond acceptors (Lipinski definition) is 10. The second-order valence-electron chi connectivity index (χ2n) is 16.1. The molecule has 1 heterocycles. The van der Waals surface area contributed by atoms with Gasteiger partial charge in [-0.3, -0.25) is 34.2 Å². The van der Waals surface area contributed by atoms with E-state index in [9.17, 15) is 38.0 Å². The molecule has 0 radical (unpaired) electrons. The van der Waals surface area contributed by atoms with Crippen LogP contribution in [-0.2, 0) is 35.4 Å². The molecular weight excluding hydrogens is 743 g/mol. The molecule has 5 atom stereocenters. The van der Waals surface area contributed by atoms with Gasteiger partial charge in [0.15, 0.2) is 9.84 Å². The number of nitro benzene ring substituents is 1. The van der Waals surface area contributed by atoms with Crippen LogP contribution in [0.15, 0.2) is 53.4 Å². The van der Waals surface area contributed by atoms with Crippen molar-refractivity contribution in [2.45, 2.75) is 127 Å². The molecule has 56 heavy (non-hydrogen) atoms. The number of rotatable bonds is 17. The normalized spacial score (nSPS) is 19.1. The highest BCUT2D eigenvalue weighted by Crippen LogP contribution is 2.48. The van der Waals surface area contributed by atoms with E-state index in [0.717, 1.165) is 56.1 Å². The van der Waals surface area contributed by atoms with E-state index >= 15 is 4.79 Å². The van der Waals surface area contributed by atoms with Gasteiger partial charge in [0.05, 0.1) is 40.2 Å². The van der Waals surface area contributed by atoms with Crippen LogP contribution >= 0.6 is 0 Å². The summed E-state index contributed by atoms with van der Waals surface area (Å²) in [5.74, 6) is -5.31. The van der Waals surface area contributed by atoms with Gasteiger partial charge in [0.1, 0.15) is 5.54 Å². The van der Waals surface area contributed by atoms with E-state index < -0.39 is 85.4 Å². The Kier molecular flexibility index (Phi) is 16.3. The van der Waals surface area contributed by atoms with Crippen LogP contribution in [0.4, 0.5) is 5.69 Å². The highest BCUT2D eigenvalue weighted by Gasteiger charge is 2.59. The summed E-state index contributed by atoms with van der Waals surface area (Å²) < 4.78 is 27.8. The molecule has 15 nitrogen and oxygen atoms in total. The molecule has 2 aliphatic rings. The van der Waals surface area contributed by atoms with Crippen LogP contribution in [0.1, 0.15) is 103 Å². The van der Waals surface area contributed by atoms with Crippen molar-refractivity contribution >= 4 is 39.2 Å². The van der Waals surface area contributed by atoms with Crippen LogP contribution in [-0.4, -0.2) is 88.5 Å². The average molecular weight is 802 g/mol. The molecule has 1 aliphatic carbocycles. The summed E-state index contributed by atoms with van der Waals surface area (Å²) in [5, 5.41) is 29.2. The number of aliphatic hydroxyl groups is 1. The number of hydrogen-bond donors (Lipinski definition) is 4. The molecule has 1 aliphatic heterocycles. The van der Waals surface area contributed by atoms with Crippen molar-refractivity contribution in [1.29, 1.82) is 0 Å². The fraction of sp³-hybridized carbons (Fsp3) is 0.600. The number of carbonyl (C=O) groups is 4. The largest absolute Gasteiger partial charge is 0.412 e. The van der Waals surface area contributed by atoms with Crippen LogP contribution < -0.4 is 16.4 Å². The topological polar surface area (TPSA) is 251 Å². The third-order valence-electron chi connectivity index (χ3n) is 10.7. The number of nitrogens with one attached hydrogen (secondary N) is 2. The maximum atomic E-state index is 15.5. The zero-order valence-electron chi connectivity index (χ0n) is 33.0. The van der Waals surface area contributed by atoms with Crippen LogP contribution in [0, 0.1) is 27.9 Å². The third kappa shape index (κ3) is 11.0. The molecule has 0 bridgehead atoms. The van der Waals surface area contributed by atoms with Crippen molar-refractivity contribution in [1.82, 2.24) is 15.5 Å². The average Bonchev–Trinajstić information content (AvgIpc) is 3.40. The zero-order valence-corrected chi connectivity index (χ0v) is 33.8. The first-order valence-electron chi connectivity index (χ1n) is 19.3. The number of amides is 4. The van der Waals surface area contributed by atoms with E-state index in [4.69, 9.17) is 5.73 Å². The Hall–Kier alpha value is -4.25. The van der Waals surface area contributed by atoms with E-state index in [1.165, 1.54) is 6.07 Å². The summed E-state index contributed by atoms with van der Waals surface area (Å²) >= 11 is 0. The minimum absolute atomic E-state index is 0. The van der Waals surface area contributed by atoms with Crippen LogP contribution in [0.25, 0.3) is 0 Å². The Morgan fingerprint density at radius 1 is 1.02 bits per heavy atom. The Morgan fingerprint density at radius 3 is 2.23 bits per heavy atom. The molecule has 0 spiro atoms. The maximum absolute atomic E-state index is 15.5. The quantitative estimate of drug-likeness (QED) is 0.134. The molecule has 4 amide bonds. The van der Waals surface area contributed by atoms with Gasteiger partial charge in [-0.05, 0) is 48.1 Å². The first-order valence-corrected chi connectivity index (χ1v) is 20.9. The first kappa shape index (κ1) is 46.1. The fourth-order valence-electron chi connectivity index (χ4n) is 8.22. The molecule has 2 aromatic rings. The summed E-state index contributed by atoms with van der Waals surface area (Å²) in [6, 6.07) is 9.87. The first-order chi connectivity index (χ1) is 25.9. The number of nitrogens with two attached hydrogens (primary N) is 1. The minimum atomic E-state index is -4.28. The monoisotopic (exact) mass is 801 g/mol. The van der Waals surface area contributed by atoms with Crippen LogP contribution in [0.2, 0.25) is 0 Å². The van der Waals surface area contributed by atoms with Gasteiger partial charge < -0.3 is 26.9 Å². The second-order valence-corrected chi connectivity index (χ2v) is 18.1. The predicted molar refractivity (Wildman–Crippen MR) is 211 cm³/mol. The van der Waals surface area contributed by atoms with Gasteiger partial charge in [-0.2, -0.15) is 0 Å². The number of benzene rings is 2. The molecule has 16 heteroatoms. The van der Waals surface area contributed by atoms with E-state index in [0.29, 0.717) is 18.5 Å². The highest BCUT2D eigenvalue weighted by molar-refractivity contribution is 7.91. The van der Waals surface area contributed by atoms with Gasteiger partial charge >= 0.3 is 0 Å². The highest BCUT2D eigenvalue weighted by atomic mass is 32.2. The molecule has 7 N–H and O–H groups in total.